The molecule has 1 unspecified atom stereocenters. The lowest BCUT2D eigenvalue weighted by Gasteiger charge is -2.34. The predicted molar refractivity (Wildman–Crippen MR) is 173 cm³/mol. The van der Waals surface area contributed by atoms with Crippen molar-refractivity contribution in [3.63, 3.8) is 0 Å². The Balaban J connectivity index is 1.79. The van der Waals surface area contributed by atoms with Gasteiger partial charge in [0.1, 0.15) is 24.0 Å². The van der Waals surface area contributed by atoms with Crippen molar-refractivity contribution in [3.05, 3.63) is 98.0 Å². The van der Waals surface area contributed by atoms with Crippen molar-refractivity contribution >= 4 is 56.4 Å². The number of ether oxygens (including phenoxy) is 1. The van der Waals surface area contributed by atoms with Crippen LogP contribution in [0.25, 0.3) is 0 Å². The average molecular weight is 678 g/mol. The molecule has 14 heteroatoms. The smallest absolute Gasteiger partial charge is 0.271 e. The second kappa shape index (κ2) is 14.9. The van der Waals surface area contributed by atoms with Gasteiger partial charge in [-0.3, -0.25) is 24.0 Å². The van der Waals surface area contributed by atoms with Crippen molar-refractivity contribution in [1.29, 1.82) is 0 Å². The molecule has 2 amide bonds. The maximum absolute atomic E-state index is 14.3. The summed E-state index contributed by atoms with van der Waals surface area (Å²) in [6, 6.07) is 16.4. The zero-order valence-corrected chi connectivity index (χ0v) is 27.1. The summed E-state index contributed by atoms with van der Waals surface area (Å²) in [6.45, 7) is -0.866. The van der Waals surface area contributed by atoms with E-state index in [1.807, 2.05) is 30.3 Å². The van der Waals surface area contributed by atoms with Crippen LogP contribution in [-0.2, 0) is 32.6 Å². The first-order valence-corrected chi connectivity index (χ1v) is 16.9. The number of nitro benzene ring substituents is 1. The minimum absolute atomic E-state index is 0.00895. The van der Waals surface area contributed by atoms with E-state index in [0.717, 1.165) is 47.9 Å². The number of halogens is 2. The molecule has 1 saturated carbocycles. The molecular formula is C31H34Cl2N4O7S. The van der Waals surface area contributed by atoms with Crippen LogP contribution in [0, 0.1) is 10.1 Å². The highest BCUT2D eigenvalue weighted by Gasteiger charge is 2.35. The van der Waals surface area contributed by atoms with Gasteiger partial charge in [-0.25, -0.2) is 8.42 Å². The Hall–Kier alpha value is -3.87. The highest BCUT2D eigenvalue weighted by Crippen LogP contribution is 2.34. The Morgan fingerprint density at radius 1 is 1.02 bits per heavy atom. The van der Waals surface area contributed by atoms with Crippen molar-refractivity contribution in [1.82, 2.24) is 10.2 Å². The van der Waals surface area contributed by atoms with Crippen LogP contribution in [0.1, 0.15) is 36.8 Å². The Bertz CT molecular complexity index is 1650. The summed E-state index contributed by atoms with van der Waals surface area (Å²) < 4.78 is 32.3. The number of methoxy groups -OCH3 is 1. The molecule has 240 valence electrons. The number of rotatable bonds is 13. The average Bonchev–Trinajstić information content (AvgIpc) is 3.52. The Labute approximate surface area is 272 Å². The van der Waals surface area contributed by atoms with Crippen LogP contribution >= 0.6 is 23.2 Å². The van der Waals surface area contributed by atoms with E-state index >= 15 is 0 Å². The van der Waals surface area contributed by atoms with E-state index in [2.05, 4.69) is 5.32 Å². The number of amides is 2. The third kappa shape index (κ3) is 8.86. The minimum Gasteiger partial charge on any atom is -0.495 e. The van der Waals surface area contributed by atoms with Crippen molar-refractivity contribution in [2.75, 3.05) is 24.2 Å². The van der Waals surface area contributed by atoms with Crippen molar-refractivity contribution in [3.8, 4) is 5.75 Å². The zero-order chi connectivity index (χ0) is 32.7. The van der Waals surface area contributed by atoms with Crippen LogP contribution in [0.5, 0.6) is 5.75 Å². The highest BCUT2D eigenvalue weighted by molar-refractivity contribution is 7.92. The molecule has 1 aliphatic rings. The first-order chi connectivity index (χ1) is 21.4. The topological polar surface area (TPSA) is 139 Å². The molecule has 45 heavy (non-hydrogen) atoms. The van der Waals surface area contributed by atoms with Crippen LogP contribution < -0.4 is 14.4 Å². The van der Waals surface area contributed by atoms with Gasteiger partial charge < -0.3 is 15.0 Å². The number of hydrogen-bond donors (Lipinski definition) is 1. The summed E-state index contributed by atoms with van der Waals surface area (Å²) >= 11 is 12.4. The molecule has 0 aliphatic heterocycles. The number of nitrogens with one attached hydrogen (secondary N) is 1. The maximum Gasteiger partial charge on any atom is 0.271 e. The van der Waals surface area contributed by atoms with Gasteiger partial charge in [-0.05, 0) is 42.2 Å². The molecule has 0 bridgehead atoms. The van der Waals surface area contributed by atoms with Gasteiger partial charge >= 0.3 is 0 Å². The fraction of sp³-hybridized carbons (Fsp3) is 0.355. The number of anilines is 1. The summed E-state index contributed by atoms with van der Waals surface area (Å²) in [7, 11) is -2.90. The molecule has 1 atom stereocenters. The summed E-state index contributed by atoms with van der Waals surface area (Å²) in [5.74, 6) is -1.09. The third-order valence-electron chi connectivity index (χ3n) is 7.63. The summed E-state index contributed by atoms with van der Waals surface area (Å²) in [6.07, 6.45) is 4.63. The molecule has 11 nitrogen and oxygen atoms in total. The van der Waals surface area contributed by atoms with E-state index in [1.54, 1.807) is 18.2 Å². The van der Waals surface area contributed by atoms with Crippen LogP contribution in [0.15, 0.2) is 66.7 Å². The van der Waals surface area contributed by atoms with E-state index < -0.39 is 39.1 Å². The fourth-order valence-electron chi connectivity index (χ4n) is 5.34. The number of carbonyl (C=O) groups is 2. The SMILES string of the molecule is COc1ccc([N+](=O)[O-])cc1N(CC(=O)N(Cc1ccc(Cl)c(Cl)c1)C(Cc1ccccc1)C(=O)NC1CCCC1)S(C)(=O)=O. The third-order valence-corrected chi connectivity index (χ3v) is 9.50. The number of carbonyl (C=O) groups excluding carboxylic acids is 2. The number of non-ortho nitro benzene ring substituents is 1. The zero-order valence-electron chi connectivity index (χ0n) is 24.8. The van der Waals surface area contributed by atoms with Gasteiger partial charge in [0, 0.05) is 31.1 Å². The maximum atomic E-state index is 14.3. The number of nitrogens with zero attached hydrogens (tertiary/aromatic N) is 3. The second-order valence-electron chi connectivity index (χ2n) is 10.8. The molecule has 1 N–H and O–H groups in total. The van der Waals surface area contributed by atoms with Crippen molar-refractivity contribution < 1.29 is 27.7 Å². The lowest BCUT2D eigenvalue weighted by atomic mass is 10.0. The molecule has 1 fully saturated rings. The lowest BCUT2D eigenvalue weighted by molar-refractivity contribution is -0.384. The Kier molecular flexibility index (Phi) is 11.3. The van der Waals surface area contributed by atoms with Crippen LogP contribution in [0.3, 0.4) is 0 Å². The van der Waals surface area contributed by atoms with E-state index in [1.165, 1.54) is 24.1 Å². The Morgan fingerprint density at radius 2 is 1.71 bits per heavy atom. The van der Waals surface area contributed by atoms with E-state index in [4.69, 9.17) is 27.9 Å². The quantitative estimate of drug-likeness (QED) is 0.190. The van der Waals surface area contributed by atoms with E-state index in [0.29, 0.717) is 10.6 Å². The molecule has 0 aromatic heterocycles. The van der Waals surface area contributed by atoms with Crippen LogP contribution in [0.4, 0.5) is 11.4 Å². The van der Waals surface area contributed by atoms with Gasteiger partial charge in [-0.2, -0.15) is 0 Å². The Morgan fingerprint density at radius 3 is 2.31 bits per heavy atom. The largest absolute Gasteiger partial charge is 0.495 e. The van der Waals surface area contributed by atoms with E-state index in [9.17, 15) is 28.1 Å². The molecule has 1 aliphatic carbocycles. The first kappa shape index (κ1) is 34.0. The van der Waals surface area contributed by atoms with Crippen LogP contribution in [0.2, 0.25) is 10.0 Å². The molecule has 0 spiro atoms. The molecule has 0 heterocycles. The van der Waals surface area contributed by atoms with Gasteiger partial charge in [0.05, 0.1) is 28.3 Å². The predicted octanol–water partition coefficient (Wildman–Crippen LogP) is 5.38. The molecule has 3 aromatic rings. The number of sulfonamides is 1. The normalized spacial score (nSPS) is 14.0. The first-order valence-electron chi connectivity index (χ1n) is 14.2. The summed E-state index contributed by atoms with van der Waals surface area (Å²) in [5.41, 5.74) is 0.768. The van der Waals surface area contributed by atoms with Crippen molar-refractivity contribution in [2.24, 2.45) is 0 Å². The minimum atomic E-state index is -4.19. The van der Waals surface area contributed by atoms with Crippen LogP contribution in [-0.4, -0.2) is 62.0 Å². The van der Waals surface area contributed by atoms with Gasteiger partial charge in [-0.1, -0.05) is 72.4 Å². The molecular weight excluding hydrogens is 643 g/mol. The molecule has 0 saturated heterocycles. The summed E-state index contributed by atoms with van der Waals surface area (Å²) in [5, 5.41) is 15.2. The fourth-order valence-corrected chi connectivity index (χ4v) is 6.50. The molecule has 0 radical (unpaired) electrons. The number of benzene rings is 3. The highest BCUT2D eigenvalue weighted by atomic mass is 35.5. The lowest BCUT2D eigenvalue weighted by Crippen LogP contribution is -2.54. The van der Waals surface area contributed by atoms with Gasteiger partial charge in [0.15, 0.2) is 0 Å². The standard InChI is InChI=1S/C31H34Cl2N4O7S/c1-44-29-15-13-24(37(40)41)18-27(29)36(45(2,42)43)20-30(38)35(19-22-12-14-25(32)26(33)16-22)28(17-21-8-4-3-5-9-21)31(39)34-23-10-6-7-11-23/h3-5,8-9,12-16,18,23,28H,6-7,10-11,17,19-20H2,1-2H3,(H,34,39). The van der Waals surface area contributed by atoms with Gasteiger partial charge in [0.25, 0.3) is 5.69 Å². The van der Waals surface area contributed by atoms with Gasteiger partial charge in [-0.15, -0.1) is 0 Å². The second-order valence-corrected chi connectivity index (χ2v) is 13.6. The summed E-state index contributed by atoms with van der Waals surface area (Å²) in [4.78, 5) is 40.5. The molecule has 3 aromatic carbocycles. The van der Waals surface area contributed by atoms with Crippen molar-refractivity contribution in [2.45, 2.75) is 50.7 Å². The number of nitro groups is 1. The van der Waals surface area contributed by atoms with Gasteiger partial charge in [0.2, 0.25) is 21.8 Å². The monoisotopic (exact) mass is 676 g/mol. The van der Waals surface area contributed by atoms with E-state index in [-0.39, 0.29) is 41.4 Å². The number of hydrogen-bond acceptors (Lipinski definition) is 7. The molecule has 4 rings (SSSR count).